The lowest BCUT2D eigenvalue weighted by atomic mass is 10.1. The largest absolute Gasteiger partial charge is 0.393 e. The third-order valence-electron chi connectivity index (χ3n) is 3.26. The van der Waals surface area contributed by atoms with Crippen LogP contribution in [-0.4, -0.2) is 16.7 Å². The molecule has 2 aromatic carbocycles. The van der Waals surface area contributed by atoms with Gasteiger partial charge < -0.3 is 16.4 Å². The Bertz CT molecular complexity index is 854. The van der Waals surface area contributed by atoms with Crippen LogP contribution in [0.5, 0.6) is 0 Å². The number of halogens is 1. The molecule has 0 aromatic heterocycles. The van der Waals surface area contributed by atoms with Crippen molar-refractivity contribution in [3.05, 3.63) is 63.5 Å². The first-order chi connectivity index (χ1) is 11.8. The second-order valence-corrected chi connectivity index (χ2v) is 5.21. The molecule has 0 atom stereocenters. The number of hydrogen-bond acceptors (Lipinski definition) is 5. The monoisotopic (exact) mass is 346 g/mol. The van der Waals surface area contributed by atoms with Gasteiger partial charge in [-0.25, -0.2) is 4.39 Å². The molecule has 0 radical (unpaired) electrons. The van der Waals surface area contributed by atoms with Gasteiger partial charge in [-0.1, -0.05) is 12.1 Å². The number of nitro benzene ring substituents is 1. The van der Waals surface area contributed by atoms with E-state index in [1.165, 1.54) is 6.92 Å². The second kappa shape index (κ2) is 7.39. The predicted molar refractivity (Wildman–Crippen MR) is 89.4 cm³/mol. The number of hydrogen-bond donors (Lipinski definition) is 3. The number of nitro groups is 1. The topological polar surface area (TPSA) is 127 Å². The molecule has 25 heavy (non-hydrogen) atoms. The second-order valence-electron chi connectivity index (χ2n) is 5.21. The molecule has 130 valence electrons. The van der Waals surface area contributed by atoms with Crippen LogP contribution in [0.2, 0.25) is 0 Å². The molecule has 2 aromatic rings. The minimum absolute atomic E-state index is 0.0655. The van der Waals surface area contributed by atoms with Crippen molar-refractivity contribution in [3.8, 4) is 0 Å². The molecule has 2 amide bonds. The van der Waals surface area contributed by atoms with Gasteiger partial charge in [0.25, 0.3) is 11.6 Å². The summed E-state index contributed by atoms with van der Waals surface area (Å²) in [5, 5.41) is 16.0. The lowest BCUT2D eigenvalue weighted by molar-refractivity contribution is -0.384. The van der Waals surface area contributed by atoms with Crippen LogP contribution in [0.3, 0.4) is 0 Å². The fraction of sp³-hybridized carbons (Fsp3) is 0.125. The van der Waals surface area contributed by atoms with Crippen LogP contribution in [0, 0.1) is 15.9 Å². The van der Waals surface area contributed by atoms with E-state index in [0.29, 0.717) is 17.3 Å². The molecule has 0 fully saturated rings. The van der Waals surface area contributed by atoms with E-state index in [2.05, 4.69) is 10.6 Å². The maximum atomic E-state index is 13.5. The standard InChI is InChI=1S/C16H15FN4O4/c1-9(22)20-12-4-2-3-10(5-12)8-19-16(23)13-6-11(17)7-14(15(13)18)21(24)25/h2-7H,8,18H2,1H3,(H,19,23)(H,20,22). The van der Waals surface area contributed by atoms with Crippen LogP contribution in [0.4, 0.5) is 21.5 Å². The van der Waals surface area contributed by atoms with Gasteiger partial charge in [0.15, 0.2) is 0 Å². The van der Waals surface area contributed by atoms with Gasteiger partial charge in [0.1, 0.15) is 11.5 Å². The molecule has 0 aliphatic rings. The number of nitrogens with zero attached hydrogens (tertiary/aromatic N) is 1. The number of nitrogens with one attached hydrogen (secondary N) is 2. The van der Waals surface area contributed by atoms with Crippen molar-refractivity contribution in [2.45, 2.75) is 13.5 Å². The van der Waals surface area contributed by atoms with E-state index >= 15 is 0 Å². The summed E-state index contributed by atoms with van der Waals surface area (Å²) in [6, 6.07) is 8.23. The zero-order valence-corrected chi connectivity index (χ0v) is 13.2. The van der Waals surface area contributed by atoms with Crippen LogP contribution in [0.15, 0.2) is 36.4 Å². The van der Waals surface area contributed by atoms with Gasteiger partial charge in [-0.3, -0.25) is 19.7 Å². The molecule has 0 saturated carbocycles. The van der Waals surface area contributed by atoms with E-state index in [0.717, 1.165) is 6.07 Å². The molecule has 0 aliphatic heterocycles. The fourth-order valence-corrected chi connectivity index (χ4v) is 2.18. The van der Waals surface area contributed by atoms with Gasteiger partial charge in [-0.15, -0.1) is 0 Å². The number of carbonyl (C=O) groups is 2. The molecular weight excluding hydrogens is 331 g/mol. The highest BCUT2D eigenvalue weighted by molar-refractivity contribution is 6.01. The Morgan fingerprint density at radius 2 is 2.00 bits per heavy atom. The fourth-order valence-electron chi connectivity index (χ4n) is 2.18. The van der Waals surface area contributed by atoms with E-state index < -0.39 is 28.0 Å². The molecule has 0 heterocycles. The third-order valence-corrected chi connectivity index (χ3v) is 3.26. The molecule has 0 aliphatic carbocycles. The van der Waals surface area contributed by atoms with Gasteiger partial charge >= 0.3 is 0 Å². The van der Waals surface area contributed by atoms with Crippen molar-refractivity contribution in [3.63, 3.8) is 0 Å². The summed E-state index contributed by atoms with van der Waals surface area (Å²) in [4.78, 5) is 33.2. The van der Waals surface area contributed by atoms with Gasteiger partial charge in [-0.05, 0) is 23.8 Å². The molecule has 0 saturated heterocycles. The smallest absolute Gasteiger partial charge is 0.295 e. The lowest BCUT2D eigenvalue weighted by Crippen LogP contribution is -2.24. The zero-order chi connectivity index (χ0) is 18.6. The molecule has 4 N–H and O–H groups in total. The van der Waals surface area contributed by atoms with Crippen molar-refractivity contribution in [2.24, 2.45) is 0 Å². The molecule has 8 nitrogen and oxygen atoms in total. The highest BCUT2D eigenvalue weighted by atomic mass is 19.1. The summed E-state index contributed by atoms with van der Waals surface area (Å²) in [5.41, 5.74) is 5.42. The summed E-state index contributed by atoms with van der Waals surface area (Å²) in [5.74, 6) is -1.91. The van der Waals surface area contributed by atoms with E-state index in [9.17, 15) is 24.1 Å². The maximum Gasteiger partial charge on any atom is 0.295 e. The number of anilines is 2. The number of benzene rings is 2. The summed E-state index contributed by atoms with van der Waals surface area (Å²) in [6.07, 6.45) is 0. The molecule has 0 bridgehead atoms. The first-order valence-electron chi connectivity index (χ1n) is 7.16. The molecular formula is C16H15FN4O4. The van der Waals surface area contributed by atoms with Gasteiger partial charge in [-0.2, -0.15) is 0 Å². The minimum Gasteiger partial charge on any atom is -0.393 e. The Labute approximate surface area is 142 Å². The summed E-state index contributed by atoms with van der Waals surface area (Å²) >= 11 is 0. The Hall–Kier alpha value is -3.49. The first kappa shape index (κ1) is 17.9. The average molecular weight is 346 g/mol. The van der Waals surface area contributed by atoms with Crippen molar-refractivity contribution in [1.82, 2.24) is 5.32 Å². The van der Waals surface area contributed by atoms with Gasteiger partial charge in [0, 0.05) is 19.2 Å². The van der Waals surface area contributed by atoms with Crippen LogP contribution in [0.1, 0.15) is 22.8 Å². The van der Waals surface area contributed by atoms with Crippen molar-refractivity contribution in [1.29, 1.82) is 0 Å². The van der Waals surface area contributed by atoms with E-state index in [-0.39, 0.29) is 18.0 Å². The van der Waals surface area contributed by atoms with Crippen molar-refractivity contribution in [2.75, 3.05) is 11.1 Å². The number of rotatable bonds is 5. The molecule has 0 unspecified atom stereocenters. The predicted octanol–water partition coefficient (Wildman–Crippen LogP) is 2.20. The van der Waals surface area contributed by atoms with Gasteiger partial charge in [0.05, 0.1) is 16.6 Å². The van der Waals surface area contributed by atoms with Crippen LogP contribution < -0.4 is 16.4 Å². The lowest BCUT2D eigenvalue weighted by Gasteiger charge is -2.09. The quantitative estimate of drug-likeness (QED) is 0.434. The summed E-state index contributed by atoms with van der Waals surface area (Å²) in [6.45, 7) is 1.43. The van der Waals surface area contributed by atoms with E-state index in [4.69, 9.17) is 5.73 Å². The number of carbonyl (C=O) groups excluding carboxylic acids is 2. The number of nitrogen functional groups attached to an aromatic ring is 1. The molecule has 0 spiro atoms. The van der Waals surface area contributed by atoms with Gasteiger partial charge in [0.2, 0.25) is 5.91 Å². The van der Waals surface area contributed by atoms with Crippen LogP contribution in [-0.2, 0) is 11.3 Å². The Morgan fingerprint density at radius 1 is 1.28 bits per heavy atom. The third kappa shape index (κ3) is 4.50. The highest BCUT2D eigenvalue weighted by Gasteiger charge is 2.21. The summed E-state index contributed by atoms with van der Waals surface area (Å²) < 4.78 is 13.5. The molecule has 2 rings (SSSR count). The Kier molecular flexibility index (Phi) is 5.28. The Balaban J connectivity index is 2.16. The Morgan fingerprint density at radius 3 is 2.64 bits per heavy atom. The van der Waals surface area contributed by atoms with Crippen molar-refractivity contribution < 1.29 is 18.9 Å². The highest BCUT2D eigenvalue weighted by Crippen LogP contribution is 2.26. The normalized spacial score (nSPS) is 10.2. The average Bonchev–Trinajstić information content (AvgIpc) is 2.54. The maximum absolute atomic E-state index is 13.5. The van der Waals surface area contributed by atoms with Crippen LogP contribution in [0.25, 0.3) is 0 Å². The van der Waals surface area contributed by atoms with E-state index in [1.54, 1.807) is 24.3 Å². The SMILES string of the molecule is CC(=O)Nc1cccc(CNC(=O)c2cc(F)cc([N+](=O)[O-])c2N)c1. The summed E-state index contributed by atoms with van der Waals surface area (Å²) in [7, 11) is 0. The van der Waals surface area contributed by atoms with E-state index in [1.807, 2.05) is 0 Å². The minimum atomic E-state index is -0.932. The number of amides is 2. The van der Waals surface area contributed by atoms with Crippen molar-refractivity contribution >= 4 is 28.9 Å². The number of nitrogens with two attached hydrogens (primary N) is 1. The zero-order valence-electron chi connectivity index (χ0n) is 13.2. The van der Waals surface area contributed by atoms with Crippen LogP contribution >= 0.6 is 0 Å². The first-order valence-corrected chi connectivity index (χ1v) is 7.16. The molecule has 9 heteroatoms.